The van der Waals surface area contributed by atoms with E-state index in [4.69, 9.17) is 14.2 Å². The van der Waals surface area contributed by atoms with Crippen LogP contribution in [0.5, 0.6) is 0 Å². The number of rotatable bonds is 2. The van der Waals surface area contributed by atoms with E-state index in [9.17, 15) is 9.90 Å². The van der Waals surface area contributed by atoms with E-state index in [0.29, 0.717) is 18.3 Å². The van der Waals surface area contributed by atoms with Crippen molar-refractivity contribution in [2.75, 3.05) is 13.1 Å². The molecule has 2 saturated heterocycles. The molecule has 0 aromatic heterocycles. The van der Waals surface area contributed by atoms with Crippen LogP contribution in [0, 0.1) is 11.8 Å². The summed E-state index contributed by atoms with van der Waals surface area (Å²) >= 11 is 0. The minimum Gasteiger partial charge on any atom is -0.444 e. The number of likely N-dealkylation sites (tertiary alicyclic amines) is 1. The number of ether oxygens (including phenoxy) is 3. The Labute approximate surface area is 138 Å². The van der Waals surface area contributed by atoms with Gasteiger partial charge >= 0.3 is 6.09 Å². The summed E-state index contributed by atoms with van der Waals surface area (Å²) in [4.78, 5) is 13.7. The number of carbonyl (C=O) groups excluding carboxylic acids is 1. The summed E-state index contributed by atoms with van der Waals surface area (Å²) in [6.07, 6.45) is 0.742. The Hall–Kier alpha value is -0.850. The van der Waals surface area contributed by atoms with Crippen molar-refractivity contribution in [2.45, 2.75) is 77.2 Å². The first-order chi connectivity index (χ1) is 10.5. The van der Waals surface area contributed by atoms with Crippen molar-refractivity contribution < 1.29 is 24.1 Å². The zero-order valence-corrected chi connectivity index (χ0v) is 14.7. The zero-order valence-electron chi connectivity index (χ0n) is 14.7. The Bertz CT molecular complexity index is 466. The Morgan fingerprint density at radius 2 is 1.87 bits per heavy atom. The molecule has 6 heteroatoms. The molecule has 2 heterocycles. The minimum atomic E-state index is -0.614. The highest BCUT2D eigenvalue weighted by Gasteiger charge is 2.54. The molecule has 3 aliphatic rings. The molecular formula is C17H29NO5. The first kappa shape index (κ1) is 17.0. The second-order valence-corrected chi connectivity index (χ2v) is 8.61. The Morgan fingerprint density at radius 1 is 1.26 bits per heavy atom. The second-order valence-electron chi connectivity index (χ2n) is 8.61. The van der Waals surface area contributed by atoms with Gasteiger partial charge in [0.25, 0.3) is 0 Å². The van der Waals surface area contributed by atoms with Crippen LogP contribution in [-0.4, -0.2) is 58.9 Å². The number of aliphatic hydroxyl groups excluding tert-OH is 1. The third-order valence-corrected chi connectivity index (χ3v) is 4.80. The van der Waals surface area contributed by atoms with Gasteiger partial charge in [-0.05, 0) is 59.3 Å². The first-order valence-electron chi connectivity index (χ1n) is 8.56. The van der Waals surface area contributed by atoms with Crippen molar-refractivity contribution in [2.24, 2.45) is 11.8 Å². The van der Waals surface area contributed by atoms with Gasteiger partial charge in [-0.3, -0.25) is 0 Å². The zero-order chi connectivity index (χ0) is 17.0. The van der Waals surface area contributed by atoms with Gasteiger partial charge in [-0.2, -0.15) is 0 Å². The lowest BCUT2D eigenvalue weighted by molar-refractivity contribution is -0.167. The summed E-state index contributed by atoms with van der Waals surface area (Å²) in [5.41, 5.74) is -0.453. The number of carbonyl (C=O) groups is 1. The normalized spacial score (nSPS) is 36.7. The van der Waals surface area contributed by atoms with E-state index >= 15 is 0 Å². The molecule has 3 fully saturated rings. The van der Waals surface area contributed by atoms with Crippen LogP contribution >= 0.6 is 0 Å². The largest absolute Gasteiger partial charge is 0.444 e. The molecule has 23 heavy (non-hydrogen) atoms. The fourth-order valence-corrected chi connectivity index (χ4v) is 3.91. The predicted octanol–water partition coefficient (Wildman–Crippen LogP) is 2.14. The summed E-state index contributed by atoms with van der Waals surface area (Å²) in [6, 6.07) is 0. The van der Waals surface area contributed by atoms with Crippen molar-refractivity contribution in [3.8, 4) is 0 Å². The molecule has 6 nitrogen and oxygen atoms in total. The average molecular weight is 327 g/mol. The minimum absolute atomic E-state index is 0.0319. The van der Waals surface area contributed by atoms with Crippen LogP contribution < -0.4 is 0 Å². The molecule has 0 bridgehead atoms. The molecule has 0 spiro atoms. The number of fused-ring (bicyclic) bond motifs is 1. The third kappa shape index (κ3) is 3.64. The van der Waals surface area contributed by atoms with Gasteiger partial charge in [0.15, 0.2) is 5.79 Å². The summed E-state index contributed by atoms with van der Waals surface area (Å²) in [5.74, 6) is 0.130. The van der Waals surface area contributed by atoms with Gasteiger partial charge in [-0.1, -0.05) is 0 Å². The summed E-state index contributed by atoms with van der Waals surface area (Å²) in [5, 5.41) is 10.2. The molecular weight excluding hydrogens is 298 g/mol. The molecule has 1 unspecified atom stereocenters. The van der Waals surface area contributed by atoms with Gasteiger partial charge in [0.1, 0.15) is 11.7 Å². The lowest BCUT2D eigenvalue weighted by atomic mass is 9.87. The van der Waals surface area contributed by atoms with Gasteiger partial charge in [0.05, 0.1) is 12.2 Å². The van der Waals surface area contributed by atoms with Gasteiger partial charge in [-0.15, -0.1) is 0 Å². The molecule has 1 aliphatic carbocycles. The SMILES string of the molecule is CC(C)(C)OC(=O)N1CC(C[C@H]2CC(O)[C@@H]3OC(C)(C)O[C@H]23)C1. The number of aliphatic hydroxyl groups is 1. The molecule has 1 N–H and O–H groups in total. The second kappa shape index (κ2) is 5.60. The van der Waals surface area contributed by atoms with E-state index in [1.165, 1.54) is 0 Å². The van der Waals surface area contributed by atoms with Crippen LogP contribution in [0.25, 0.3) is 0 Å². The molecule has 0 radical (unpaired) electrons. The van der Waals surface area contributed by atoms with Crippen LogP contribution in [0.1, 0.15) is 47.5 Å². The highest BCUT2D eigenvalue weighted by atomic mass is 16.8. The monoisotopic (exact) mass is 327 g/mol. The van der Waals surface area contributed by atoms with E-state index in [1.807, 2.05) is 34.6 Å². The standard InChI is InChI=1S/C17H29NO5/c1-16(2,3)23-15(20)18-8-10(9-18)6-11-7-12(19)14-13(11)21-17(4,5)22-14/h10-14,19H,6-9H2,1-5H3/t11-,12?,13+,14-/m0/s1. The number of amides is 1. The summed E-state index contributed by atoms with van der Waals surface area (Å²) < 4.78 is 17.2. The molecule has 132 valence electrons. The molecule has 2 aliphatic heterocycles. The Morgan fingerprint density at radius 3 is 2.48 bits per heavy atom. The van der Waals surface area contributed by atoms with Crippen molar-refractivity contribution in [1.82, 2.24) is 4.90 Å². The number of hydrogen-bond acceptors (Lipinski definition) is 5. The van der Waals surface area contributed by atoms with Crippen molar-refractivity contribution >= 4 is 6.09 Å². The van der Waals surface area contributed by atoms with Gasteiger partial charge in [-0.25, -0.2) is 4.79 Å². The average Bonchev–Trinajstić information content (AvgIpc) is 2.77. The van der Waals surface area contributed by atoms with Crippen LogP contribution in [-0.2, 0) is 14.2 Å². The smallest absolute Gasteiger partial charge is 0.410 e. The fraction of sp³-hybridized carbons (Fsp3) is 0.941. The summed E-state index contributed by atoms with van der Waals surface area (Å²) in [6.45, 7) is 10.9. The molecule has 1 amide bonds. The molecule has 1 saturated carbocycles. The highest BCUT2D eigenvalue weighted by Crippen LogP contribution is 2.44. The molecule has 3 rings (SSSR count). The van der Waals surface area contributed by atoms with Crippen molar-refractivity contribution in [1.29, 1.82) is 0 Å². The quantitative estimate of drug-likeness (QED) is 0.841. The number of nitrogens with zero attached hydrogens (tertiary/aromatic N) is 1. The van der Waals surface area contributed by atoms with E-state index < -0.39 is 17.5 Å². The Balaban J connectivity index is 1.48. The van der Waals surface area contributed by atoms with Gasteiger partial charge < -0.3 is 24.2 Å². The van der Waals surface area contributed by atoms with Crippen LogP contribution in [0.2, 0.25) is 0 Å². The molecule has 0 aromatic carbocycles. The van der Waals surface area contributed by atoms with Gasteiger partial charge in [0.2, 0.25) is 0 Å². The van der Waals surface area contributed by atoms with E-state index in [1.54, 1.807) is 4.90 Å². The maximum Gasteiger partial charge on any atom is 0.410 e. The number of hydrogen-bond donors (Lipinski definition) is 1. The highest BCUT2D eigenvalue weighted by molar-refractivity contribution is 5.69. The topological polar surface area (TPSA) is 68.2 Å². The van der Waals surface area contributed by atoms with E-state index in [2.05, 4.69) is 0 Å². The lowest BCUT2D eigenvalue weighted by Gasteiger charge is -2.41. The van der Waals surface area contributed by atoms with Crippen LogP contribution in [0.3, 0.4) is 0 Å². The summed E-state index contributed by atoms with van der Waals surface area (Å²) in [7, 11) is 0. The first-order valence-corrected chi connectivity index (χ1v) is 8.56. The van der Waals surface area contributed by atoms with E-state index in [-0.39, 0.29) is 18.3 Å². The van der Waals surface area contributed by atoms with Crippen LogP contribution in [0.15, 0.2) is 0 Å². The molecule has 0 aromatic rings. The van der Waals surface area contributed by atoms with Gasteiger partial charge in [0, 0.05) is 13.1 Å². The maximum atomic E-state index is 12.0. The van der Waals surface area contributed by atoms with E-state index in [0.717, 1.165) is 19.5 Å². The predicted molar refractivity (Wildman–Crippen MR) is 83.9 cm³/mol. The van der Waals surface area contributed by atoms with Crippen molar-refractivity contribution in [3.63, 3.8) is 0 Å². The van der Waals surface area contributed by atoms with Crippen molar-refractivity contribution in [3.05, 3.63) is 0 Å². The molecule has 4 atom stereocenters. The fourth-order valence-electron chi connectivity index (χ4n) is 3.91. The third-order valence-electron chi connectivity index (χ3n) is 4.80. The lowest BCUT2D eigenvalue weighted by Crippen LogP contribution is -2.52. The Kier molecular flexibility index (Phi) is 4.14. The van der Waals surface area contributed by atoms with Crippen LogP contribution in [0.4, 0.5) is 4.79 Å². The maximum absolute atomic E-state index is 12.0.